The minimum atomic E-state index is -4.16. The van der Waals surface area contributed by atoms with Gasteiger partial charge in [-0.2, -0.15) is 5.10 Å². The molecule has 0 aliphatic heterocycles. The van der Waals surface area contributed by atoms with E-state index >= 15 is 0 Å². The fourth-order valence-corrected chi connectivity index (χ4v) is 4.73. The molecule has 0 aliphatic carbocycles. The fourth-order valence-electron chi connectivity index (χ4n) is 3.10. The van der Waals surface area contributed by atoms with E-state index < -0.39 is 28.3 Å². The molecule has 1 N–H and O–H groups in total. The molecule has 0 bridgehead atoms. The highest BCUT2D eigenvalue weighted by Crippen LogP contribution is 2.33. The van der Waals surface area contributed by atoms with E-state index in [0.29, 0.717) is 5.75 Å². The van der Waals surface area contributed by atoms with Gasteiger partial charge in [0.1, 0.15) is 12.4 Å². The second kappa shape index (κ2) is 11.2. The van der Waals surface area contributed by atoms with E-state index in [4.69, 9.17) is 21.1 Å². The number of sulfonamides is 1. The molecular formula is C24H23ClFN3O5S. The van der Waals surface area contributed by atoms with Crippen LogP contribution in [0.4, 0.5) is 10.1 Å². The van der Waals surface area contributed by atoms with Crippen molar-refractivity contribution in [2.45, 2.75) is 11.8 Å². The Kier molecular flexibility index (Phi) is 8.31. The zero-order valence-corrected chi connectivity index (χ0v) is 20.7. The number of carbonyl (C=O) groups excluding carboxylic acids is 1. The molecule has 8 nitrogen and oxygen atoms in total. The van der Waals surface area contributed by atoms with Crippen LogP contribution >= 0.6 is 11.6 Å². The molecule has 0 saturated heterocycles. The van der Waals surface area contributed by atoms with Gasteiger partial charge < -0.3 is 9.47 Å². The number of methoxy groups -OCH3 is 2. The van der Waals surface area contributed by atoms with Crippen LogP contribution in [0.15, 0.2) is 70.7 Å². The predicted molar refractivity (Wildman–Crippen MR) is 132 cm³/mol. The molecule has 0 radical (unpaired) electrons. The van der Waals surface area contributed by atoms with Crippen LogP contribution in [0.25, 0.3) is 0 Å². The Hall–Kier alpha value is -3.63. The molecule has 35 heavy (non-hydrogen) atoms. The lowest BCUT2D eigenvalue weighted by Gasteiger charge is -2.24. The van der Waals surface area contributed by atoms with Crippen LogP contribution in [0.1, 0.15) is 11.1 Å². The van der Waals surface area contributed by atoms with Gasteiger partial charge in [0.2, 0.25) is 0 Å². The summed E-state index contributed by atoms with van der Waals surface area (Å²) >= 11 is 5.95. The van der Waals surface area contributed by atoms with Crippen molar-refractivity contribution in [1.82, 2.24) is 5.43 Å². The lowest BCUT2D eigenvalue weighted by Crippen LogP contribution is -2.39. The molecule has 0 spiro atoms. The summed E-state index contributed by atoms with van der Waals surface area (Å²) in [5, 5.41) is 3.83. The molecule has 3 aromatic rings. The highest BCUT2D eigenvalue weighted by molar-refractivity contribution is 7.92. The zero-order valence-electron chi connectivity index (χ0n) is 19.2. The minimum Gasteiger partial charge on any atom is -0.493 e. The van der Waals surface area contributed by atoms with Crippen molar-refractivity contribution >= 4 is 39.4 Å². The average molecular weight is 520 g/mol. The fraction of sp³-hybridized carbons (Fsp3) is 0.167. The number of ether oxygens (including phenoxy) is 2. The van der Waals surface area contributed by atoms with Crippen LogP contribution in [0.5, 0.6) is 11.5 Å². The largest absolute Gasteiger partial charge is 0.493 e. The number of benzene rings is 3. The first-order chi connectivity index (χ1) is 16.7. The van der Waals surface area contributed by atoms with Gasteiger partial charge in [0.05, 0.1) is 36.0 Å². The van der Waals surface area contributed by atoms with Gasteiger partial charge in [0.15, 0.2) is 11.5 Å². The van der Waals surface area contributed by atoms with Crippen molar-refractivity contribution in [3.8, 4) is 11.5 Å². The Labute approximate surface area is 208 Å². The Morgan fingerprint density at radius 2 is 1.77 bits per heavy atom. The van der Waals surface area contributed by atoms with Crippen molar-refractivity contribution < 1.29 is 27.1 Å². The van der Waals surface area contributed by atoms with Gasteiger partial charge in [-0.15, -0.1) is 0 Å². The normalized spacial score (nSPS) is 11.3. The highest BCUT2D eigenvalue weighted by Gasteiger charge is 2.28. The van der Waals surface area contributed by atoms with Crippen LogP contribution in [0.3, 0.4) is 0 Å². The third kappa shape index (κ3) is 6.09. The van der Waals surface area contributed by atoms with Gasteiger partial charge in [0.25, 0.3) is 15.9 Å². The molecule has 184 valence electrons. The molecule has 3 rings (SSSR count). The van der Waals surface area contributed by atoms with Crippen molar-refractivity contribution in [3.63, 3.8) is 0 Å². The molecule has 0 atom stereocenters. The smallest absolute Gasteiger partial charge is 0.264 e. The molecule has 0 saturated carbocycles. The van der Waals surface area contributed by atoms with E-state index in [2.05, 4.69) is 10.5 Å². The lowest BCUT2D eigenvalue weighted by atomic mass is 10.2. The first-order valence-corrected chi connectivity index (χ1v) is 12.1. The van der Waals surface area contributed by atoms with Gasteiger partial charge >= 0.3 is 0 Å². The number of hydrogen-bond acceptors (Lipinski definition) is 6. The summed E-state index contributed by atoms with van der Waals surface area (Å²) in [5.41, 5.74) is 3.24. The van der Waals surface area contributed by atoms with Gasteiger partial charge in [-0.3, -0.25) is 9.10 Å². The molecule has 0 heterocycles. The third-order valence-electron chi connectivity index (χ3n) is 4.93. The highest BCUT2D eigenvalue weighted by atomic mass is 35.5. The summed E-state index contributed by atoms with van der Waals surface area (Å²) in [6.45, 7) is 1.21. The Morgan fingerprint density at radius 3 is 2.40 bits per heavy atom. The molecule has 0 aliphatic rings. The first-order valence-electron chi connectivity index (χ1n) is 10.2. The number of halogens is 2. The summed E-state index contributed by atoms with van der Waals surface area (Å²) in [5.74, 6) is -0.718. The number of rotatable bonds is 9. The molecular weight excluding hydrogens is 497 g/mol. The predicted octanol–water partition coefficient (Wildman–Crippen LogP) is 4.15. The van der Waals surface area contributed by atoms with Crippen molar-refractivity contribution in [1.29, 1.82) is 0 Å². The van der Waals surface area contributed by atoms with Crippen LogP contribution in [0, 0.1) is 12.7 Å². The number of hydrazone groups is 1. The van der Waals surface area contributed by atoms with E-state index in [0.717, 1.165) is 16.1 Å². The monoisotopic (exact) mass is 519 g/mol. The maximum atomic E-state index is 13.9. The number of anilines is 1. The maximum Gasteiger partial charge on any atom is 0.264 e. The average Bonchev–Trinajstić information content (AvgIpc) is 2.84. The van der Waals surface area contributed by atoms with E-state index in [-0.39, 0.29) is 26.9 Å². The van der Waals surface area contributed by atoms with E-state index in [9.17, 15) is 17.6 Å². The third-order valence-corrected chi connectivity index (χ3v) is 7.05. The van der Waals surface area contributed by atoms with Gasteiger partial charge in [-0.1, -0.05) is 35.4 Å². The number of nitrogens with one attached hydrogen (secondary N) is 1. The van der Waals surface area contributed by atoms with Gasteiger partial charge in [-0.05, 0) is 43.3 Å². The van der Waals surface area contributed by atoms with Crippen LogP contribution < -0.4 is 19.2 Å². The Morgan fingerprint density at radius 1 is 1.09 bits per heavy atom. The van der Waals surface area contributed by atoms with Crippen molar-refractivity contribution in [2.24, 2.45) is 5.10 Å². The molecule has 0 unspecified atom stereocenters. The van der Waals surface area contributed by atoms with Crippen LogP contribution in [0.2, 0.25) is 5.02 Å². The molecule has 0 aromatic heterocycles. The summed E-state index contributed by atoms with van der Waals surface area (Å²) in [7, 11) is -1.30. The number of nitrogens with zero attached hydrogens (tertiary/aromatic N) is 2. The van der Waals surface area contributed by atoms with Crippen LogP contribution in [-0.4, -0.2) is 41.3 Å². The summed E-state index contributed by atoms with van der Waals surface area (Å²) in [4.78, 5) is 12.7. The standard InChI is InChI=1S/C24H23ClFN3O5S/c1-16-7-10-18(11-8-16)35(31,32)29(17-9-12-22(33-2)23(13-17)34-3)15-24(30)28-27-14-19-20(25)5-4-6-21(19)26/h4-14H,15H2,1-3H3,(H,28,30)/b27-14+. The van der Waals surface area contributed by atoms with E-state index in [1.165, 1.54) is 62.8 Å². The Bertz CT molecular complexity index is 1330. The summed E-state index contributed by atoms with van der Waals surface area (Å²) in [6, 6.07) is 14.8. The first kappa shape index (κ1) is 26.0. The minimum absolute atomic E-state index is 0.00711. The molecule has 1 amide bonds. The SMILES string of the molecule is COc1ccc(N(CC(=O)N/N=C/c2c(F)cccc2Cl)S(=O)(=O)c2ccc(C)cc2)cc1OC. The van der Waals surface area contributed by atoms with Gasteiger partial charge in [-0.25, -0.2) is 18.2 Å². The number of amides is 1. The molecule has 3 aromatic carbocycles. The Balaban J connectivity index is 1.93. The zero-order chi connectivity index (χ0) is 25.6. The van der Waals surface area contributed by atoms with E-state index in [1.54, 1.807) is 12.1 Å². The second-order valence-corrected chi connectivity index (χ2v) is 9.56. The number of carbonyl (C=O) groups is 1. The molecule has 11 heteroatoms. The van der Waals surface area contributed by atoms with E-state index in [1.807, 2.05) is 6.92 Å². The molecule has 0 fully saturated rings. The summed E-state index contributed by atoms with van der Waals surface area (Å²) in [6.07, 6.45) is 1.05. The quantitative estimate of drug-likeness (QED) is 0.338. The van der Waals surface area contributed by atoms with Gasteiger partial charge in [0, 0.05) is 11.6 Å². The van der Waals surface area contributed by atoms with Crippen LogP contribution in [-0.2, 0) is 14.8 Å². The van der Waals surface area contributed by atoms with Crippen molar-refractivity contribution in [2.75, 3.05) is 25.1 Å². The lowest BCUT2D eigenvalue weighted by molar-refractivity contribution is -0.119. The number of aryl methyl sites for hydroxylation is 1. The summed E-state index contributed by atoms with van der Waals surface area (Å²) < 4.78 is 52.3. The second-order valence-electron chi connectivity index (χ2n) is 7.29. The maximum absolute atomic E-state index is 13.9. The number of hydrogen-bond donors (Lipinski definition) is 1. The van der Waals surface area contributed by atoms with Crippen molar-refractivity contribution in [3.05, 3.63) is 82.6 Å². The topological polar surface area (TPSA) is 97.3 Å².